The van der Waals surface area contributed by atoms with Crippen LogP contribution in [0.3, 0.4) is 0 Å². The number of benzene rings is 3. The molecule has 3 aromatic rings. The zero-order valence-corrected chi connectivity index (χ0v) is 18.1. The van der Waals surface area contributed by atoms with Gasteiger partial charge in [0.2, 0.25) is 0 Å². The summed E-state index contributed by atoms with van der Waals surface area (Å²) in [6.45, 7) is 5.19. The smallest absolute Gasteiger partial charge is 0.113 e. The van der Waals surface area contributed by atoms with Crippen LogP contribution in [-0.2, 0) is 34.0 Å². The number of rotatable bonds is 10. The highest BCUT2D eigenvalue weighted by molar-refractivity contribution is 5.17. The third-order valence-electron chi connectivity index (χ3n) is 5.89. The molecule has 0 amide bonds. The number of ether oxygens (including phenoxy) is 3. The highest BCUT2D eigenvalue weighted by atomic mass is 16.6. The van der Waals surface area contributed by atoms with Crippen molar-refractivity contribution in [3.63, 3.8) is 0 Å². The van der Waals surface area contributed by atoms with Gasteiger partial charge in [-0.25, -0.2) is 0 Å². The molecule has 4 nitrogen and oxygen atoms in total. The molecular weight excluding hydrogens is 400 g/mol. The molecule has 0 unspecified atom stereocenters. The van der Waals surface area contributed by atoms with Crippen molar-refractivity contribution in [1.82, 2.24) is 0 Å². The average Bonchev–Trinajstić information content (AvgIpc) is 3.11. The van der Waals surface area contributed by atoms with Crippen LogP contribution >= 0.6 is 0 Å². The molecule has 1 aliphatic carbocycles. The Labute approximate surface area is 190 Å². The standard InChI is InChI=1S/C28H30O4/c1-2-24-25(29)27(31-19-22-14-8-4-9-15-22)28(32-20-23-16-10-5-11-17-23)26(24)30-18-21-12-6-3-7-13-21/h2-17,24-29H,1,18-20H2/t24-,25+,26+,27+,28+/m1/s1. The van der Waals surface area contributed by atoms with E-state index in [2.05, 4.69) is 6.58 Å². The third-order valence-corrected chi connectivity index (χ3v) is 5.89. The molecular formula is C28H30O4. The summed E-state index contributed by atoms with van der Waals surface area (Å²) in [7, 11) is 0. The minimum atomic E-state index is -0.766. The lowest BCUT2D eigenvalue weighted by molar-refractivity contribution is -0.134. The fourth-order valence-electron chi connectivity index (χ4n) is 4.18. The van der Waals surface area contributed by atoms with Gasteiger partial charge < -0.3 is 19.3 Å². The van der Waals surface area contributed by atoms with E-state index in [9.17, 15) is 5.11 Å². The Balaban J connectivity index is 1.52. The largest absolute Gasteiger partial charge is 0.390 e. The van der Waals surface area contributed by atoms with Crippen LogP contribution in [0.2, 0.25) is 0 Å². The topological polar surface area (TPSA) is 47.9 Å². The van der Waals surface area contributed by atoms with Crippen LogP contribution in [-0.4, -0.2) is 29.5 Å². The van der Waals surface area contributed by atoms with Crippen molar-refractivity contribution < 1.29 is 19.3 Å². The van der Waals surface area contributed by atoms with Crippen molar-refractivity contribution in [2.24, 2.45) is 5.92 Å². The Morgan fingerprint density at radius 2 is 0.969 bits per heavy atom. The molecule has 1 saturated carbocycles. The zero-order chi connectivity index (χ0) is 22.2. The van der Waals surface area contributed by atoms with E-state index in [0.29, 0.717) is 19.8 Å². The van der Waals surface area contributed by atoms with Gasteiger partial charge in [0.05, 0.1) is 32.0 Å². The van der Waals surface area contributed by atoms with E-state index in [0.717, 1.165) is 16.7 Å². The minimum Gasteiger partial charge on any atom is -0.390 e. The van der Waals surface area contributed by atoms with Crippen molar-refractivity contribution in [2.75, 3.05) is 0 Å². The first kappa shape index (κ1) is 22.4. The second-order valence-corrected chi connectivity index (χ2v) is 8.09. The lowest BCUT2D eigenvalue weighted by atomic mass is 10.0. The van der Waals surface area contributed by atoms with Gasteiger partial charge in [0.15, 0.2) is 0 Å². The third kappa shape index (κ3) is 5.53. The summed E-state index contributed by atoms with van der Waals surface area (Å²) in [5, 5.41) is 11.1. The second kappa shape index (κ2) is 11.2. The van der Waals surface area contributed by atoms with Gasteiger partial charge >= 0.3 is 0 Å². The maximum Gasteiger partial charge on any atom is 0.113 e. The van der Waals surface area contributed by atoms with Crippen molar-refractivity contribution in [3.05, 3.63) is 120 Å². The number of aliphatic hydroxyl groups excluding tert-OH is 1. The summed E-state index contributed by atoms with van der Waals surface area (Å²) >= 11 is 0. The Hall–Kier alpha value is -2.76. The number of aliphatic hydroxyl groups is 1. The maximum absolute atomic E-state index is 11.1. The summed E-state index contributed by atoms with van der Waals surface area (Å²) in [6.07, 6.45) is -0.335. The van der Waals surface area contributed by atoms with E-state index < -0.39 is 18.3 Å². The van der Waals surface area contributed by atoms with E-state index in [-0.39, 0.29) is 12.0 Å². The number of hydrogen-bond donors (Lipinski definition) is 1. The molecule has 1 N–H and O–H groups in total. The van der Waals surface area contributed by atoms with E-state index in [1.54, 1.807) is 6.08 Å². The quantitative estimate of drug-likeness (QED) is 0.464. The summed E-state index contributed by atoms with van der Waals surface area (Å²) in [4.78, 5) is 0. The Morgan fingerprint density at radius 1 is 0.594 bits per heavy atom. The van der Waals surface area contributed by atoms with E-state index in [1.165, 1.54) is 0 Å². The van der Waals surface area contributed by atoms with Crippen molar-refractivity contribution in [1.29, 1.82) is 0 Å². The van der Waals surface area contributed by atoms with Gasteiger partial charge in [0, 0.05) is 5.92 Å². The fourth-order valence-corrected chi connectivity index (χ4v) is 4.18. The molecule has 4 rings (SSSR count). The molecule has 166 valence electrons. The SMILES string of the molecule is C=C[C@@H]1[C@H](O)[C@H](OCc2ccccc2)[C@@H](OCc2ccccc2)[C@H]1OCc1ccccc1. The van der Waals surface area contributed by atoms with Crippen LogP contribution < -0.4 is 0 Å². The molecule has 5 atom stereocenters. The lowest BCUT2D eigenvalue weighted by Crippen LogP contribution is -2.38. The van der Waals surface area contributed by atoms with Gasteiger partial charge in [-0.3, -0.25) is 0 Å². The summed E-state index contributed by atoms with van der Waals surface area (Å²) in [5.41, 5.74) is 3.18. The Kier molecular flexibility index (Phi) is 7.86. The summed E-state index contributed by atoms with van der Waals surface area (Å²) < 4.78 is 18.9. The van der Waals surface area contributed by atoms with Gasteiger partial charge in [-0.1, -0.05) is 97.1 Å². The summed E-state index contributed by atoms with van der Waals surface area (Å²) in [5.74, 6) is -0.291. The zero-order valence-electron chi connectivity index (χ0n) is 18.1. The average molecular weight is 431 g/mol. The molecule has 1 fully saturated rings. The first-order chi connectivity index (χ1) is 15.8. The number of hydrogen-bond acceptors (Lipinski definition) is 4. The van der Waals surface area contributed by atoms with Gasteiger partial charge in [0.25, 0.3) is 0 Å². The molecule has 0 saturated heterocycles. The van der Waals surface area contributed by atoms with E-state index >= 15 is 0 Å². The molecule has 1 aliphatic rings. The first-order valence-electron chi connectivity index (χ1n) is 11.0. The molecule has 0 aliphatic heterocycles. The van der Waals surface area contributed by atoms with Gasteiger partial charge in [-0.2, -0.15) is 0 Å². The monoisotopic (exact) mass is 430 g/mol. The van der Waals surface area contributed by atoms with Crippen molar-refractivity contribution >= 4 is 0 Å². The van der Waals surface area contributed by atoms with Crippen LogP contribution in [0.15, 0.2) is 104 Å². The predicted octanol–water partition coefficient (Wildman–Crippen LogP) is 4.92. The molecule has 4 heteroatoms. The Morgan fingerprint density at radius 3 is 1.38 bits per heavy atom. The van der Waals surface area contributed by atoms with Gasteiger partial charge in [-0.15, -0.1) is 6.58 Å². The van der Waals surface area contributed by atoms with Crippen LogP contribution in [0.1, 0.15) is 16.7 Å². The van der Waals surface area contributed by atoms with Crippen molar-refractivity contribution in [3.8, 4) is 0 Å². The summed E-state index contributed by atoms with van der Waals surface area (Å²) in [6, 6.07) is 30.0. The molecule has 0 bridgehead atoms. The van der Waals surface area contributed by atoms with E-state index in [4.69, 9.17) is 14.2 Å². The minimum absolute atomic E-state index is 0.291. The van der Waals surface area contributed by atoms with Crippen LogP contribution in [0.4, 0.5) is 0 Å². The fraction of sp³-hybridized carbons (Fsp3) is 0.286. The molecule has 0 heterocycles. The lowest BCUT2D eigenvalue weighted by Gasteiger charge is -2.26. The first-order valence-corrected chi connectivity index (χ1v) is 11.0. The normalized spacial score (nSPS) is 25.0. The molecule has 32 heavy (non-hydrogen) atoms. The van der Waals surface area contributed by atoms with Crippen LogP contribution in [0.5, 0.6) is 0 Å². The molecule has 0 aromatic heterocycles. The van der Waals surface area contributed by atoms with Crippen LogP contribution in [0, 0.1) is 5.92 Å². The van der Waals surface area contributed by atoms with Gasteiger partial charge in [0.1, 0.15) is 12.2 Å². The predicted molar refractivity (Wildman–Crippen MR) is 125 cm³/mol. The molecule has 0 spiro atoms. The highest BCUT2D eigenvalue weighted by Gasteiger charge is 2.51. The highest BCUT2D eigenvalue weighted by Crippen LogP contribution is 2.36. The Bertz CT molecular complexity index is 945. The second-order valence-electron chi connectivity index (χ2n) is 8.09. The maximum atomic E-state index is 11.1. The van der Waals surface area contributed by atoms with Crippen LogP contribution in [0.25, 0.3) is 0 Å². The molecule has 0 radical (unpaired) electrons. The molecule has 3 aromatic carbocycles. The van der Waals surface area contributed by atoms with Gasteiger partial charge in [-0.05, 0) is 16.7 Å². The van der Waals surface area contributed by atoms with Crippen molar-refractivity contribution in [2.45, 2.75) is 44.2 Å². The van der Waals surface area contributed by atoms with E-state index in [1.807, 2.05) is 91.0 Å².